The molecule has 0 bridgehead atoms. The fourth-order valence-corrected chi connectivity index (χ4v) is 6.72. The van der Waals surface area contributed by atoms with Crippen LogP contribution in [0.25, 0.3) is 5.76 Å². The Balaban J connectivity index is 1.54. The second-order valence-corrected chi connectivity index (χ2v) is 12.3. The summed E-state index contributed by atoms with van der Waals surface area (Å²) in [7, 11) is -4.19. The van der Waals surface area contributed by atoms with E-state index >= 15 is 0 Å². The van der Waals surface area contributed by atoms with Gasteiger partial charge in [-0.2, -0.15) is 13.5 Å². The molecule has 0 N–H and O–H groups in total. The Hall–Kier alpha value is -5.34. The number of pyridine rings is 1. The molecule has 0 aliphatic carbocycles. The van der Waals surface area contributed by atoms with Gasteiger partial charge in [0.25, 0.3) is 10.0 Å². The number of ether oxygens (including phenoxy) is 1. The van der Waals surface area contributed by atoms with E-state index in [0.29, 0.717) is 17.2 Å². The number of rotatable bonds is 6. The standard InChI is InChI=1S/C36H28N4O3S/c1-26-20-22-30(23-21-26)44(41,42)39-35-36(25-32(43-35)27-13-5-2-6-14-27)33(28-15-7-3-8-16-28)34(31-19-11-12-24-37-31)38-40(36)29-17-9-4-10-18-29/h2-25,33H,1H3/b39-35-. The highest BCUT2D eigenvalue weighted by molar-refractivity contribution is 7.90. The summed E-state index contributed by atoms with van der Waals surface area (Å²) in [5, 5.41) is 7.03. The summed E-state index contributed by atoms with van der Waals surface area (Å²) in [5.74, 6) is -0.0425. The molecular formula is C36H28N4O3S. The van der Waals surface area contributed by atoms with Gasteiger partial charge in [0.15, 0.2) is 5.54 Å². The highest BCUT2D eigenvalue weighted by atomic mass is 32.2. The van der Waals surface area contributed by atoms with Gasteiger partial charge in [0.05, 0.1) is 27.9 Å². The van der Waals surface area contributed by atoms with Crippen LogP contribution in [0.3, 0.4) is 0 Å². The van der Waals surface area contributed by atoms with Gasteiger partial charge < -0.3 is 4.74 Å². The lowest BCUT2D eigenvalue weighted by Gasteiger charge is -2.36. The third-order valence-electron chi connectivity index (χ3n) is 7.81. The molecule has 216 valence electrons. The smallest absolute Gasteiger partial charge is 0.285 e. The third-order valence-corrected chi connectivity index (χ3v) is 9.09. The van der Waals surface area contributed by atoms with Crippen molar-refractivity contribution in [2.45, 2.75) is 23.3 Å². The van der Waals surface area contributed by atoms with Gasteiger partial charge in [0, 0.05) is 11.8 Å². The normalized spacial score (nSPS) is 20.4. The summed E-state index contributed by atoms with van der Waals surface area (Å²) in [4.78, 5) is 4.75. The number of nitrogens with zero attached hydrogens (tertiary/aromatic N) is 4. The van der Waals surface area contributed by atoms with E-state index in [1.165, 1.54) is 0 Å². The topological polar surface area (TPSA) is 84.2 Å². The first-order valence-electron chi connectivity index (χ1n) is 14.2. The Morgan fingerprint density at radius 3 is 2.07 bits per heavy atom. The zero-order valence-electron chi connectivity index (χ0n) is 23.9. The van der Waals surface area contributed by atoms with Gasteiger partial charge in [-0.05, 0) is 55.0 Å². The number of hydrazone groups is 1. The summed E-state index contributed by atoms with van der Waals surface area (Å²) >= 11 is 0. The monoisotopic (exact) mass is 596 g/mol. The van der Waals surface area contributed by atoms with E-state index in [1.807, 2.05) is 127 Å². The van der Waals surface area contributed by atoms with Crippen molar-refractivity contribution >= 4 is 33.1 Å². The van der Waals surface area contributed by atoms with Gasteiger partial charge in [-0.3, -0.25) is 4.98 Å². The molecule has 5 aromatic rings. The zero-order chi connectivity index (χ0) is 30.1. The van der Waals surface area contributed by atoms with E-state index in [4.69, 9.17) is 9.84 Å². The van der Waals surface area contributed by atoms with E-state index < -0.39 is 21.5 Å². The number of hydrogen-bond acceptors (Lipinski definition) is 6. The minimum absolute atomic E-state index is 0.00400. The number of hydrogen-bond donors (Lipinski definition) is 0. The van der Waals surface area contributed by atoms with Gasteiger partial charge in [-0.25, -0.2) is 5.01 Å². The van der Waals surface area contributed by atoms with E-state index in [9.17, 15) is 8.42 Å². The lowest BCUT2D eigenvalue weighted by molar-refractivity contribution is 0.474. The largest absolute Gasteiger partial charge is 0.439 e. The molecule has 2 aliphatic rings. The Bertz CT molecular complexity index is 2000. The summed E-state index contributed by atoms with van der Waals surface area (Å²) in [6, 6.07) is 41.5. The van der Waals surface area contributed by atoms with Crippen LogP contribution in [0.1, 0.15) is 28.3 Å². The zero-order valence-corrected chi connectivity index (χ0v) is 24.7. The fourth-order valence-electron chi connectivity index (χ4n) is 5.73. The Morgan fingerprint density at radius 1 is 0.773 bits per heavy atom. The van der Waals surface area contributed by atoms with E-state index in [-0.39, 0.29) is 10.8 Å². The van der Waals surface area contributed by atoms with E-state index in [1.54, 1.807) is 30.5 Å². The lowest BCUT2D eigenvalue weighted by Crippen LogP contribution is -2.51. The molecule has 0 radical (unpaired) electrons. The molecule has 2 aliphatic heterocycles. The predicted octanol–water partition coefficient (Wildman–Crippen LogP) is 7.00. The molecule has 7 nitrogen and oxygen atoms in total. The maximum atomic E-state index is 14.0. The van der Waals surface area contributed by atoms with Crippen LogP contribution in [0.15, 0.2) is 160 Å². The number of anilines is 1. The molecule has 2 atom stereocenters. The van der Waals surface area contributed by atoms with Gasteiger partial charge in [0.1, 0.15) is 5.76 Å². The van der Waals surface area contributed by atoms with Crippen molar-refractivity contribution in [2.75, 3.05) is 5.01 Å². The lowest BCUT2D eigenvalue weighted by atomic mass is 9.75. The SMILES string of the molecule is Cc1ccc(S(=O)(=O)/N=C2\OC(c3ccccc3)=CC23C(c2ccccc2)C(c2ccccn2)=NN3c2ccccc2)cc1. The quantitative estimate of drug-likeness (QED) is 0.211. The van der Waals surface area contributed by atoms with Crippen molar-refractivity contribution in [3.63, 3.8) is 0 Å². The number of aromatic nitrogens is 1. The van der Waals surface area contributed by atoms with Crippen molar-refractivity contribution in [1.82, 2.24) is 4.98 Å². The average Bonchev–Trinajstić information content (AvgIpc) is 3.61. The van der Waals surface area contributed by atoms with Crippen LogP contribution in [0.5, 0.6) is 0 Å². The molecular weight excluding hydrogens is 568 g/mol. The van der Waals surface area contributed by atoms with Crippen LogP contribution in [-0.2, 0) is 14.8 Å². The summed E-state index contributed by atoms with van der Waals surface area (Å²) in [5.41, 5.74) is 3.42. The van der Waals surface area contributed by atoms with E-state index in [2.05, 4.69) is 9.38 Å². The Kier molecular flexibility index (Phi) is 6.91. The maximum Gasteiger partial charge on any atom is 0.285 e. The van der Waals surface area contributed by atoms with Gasteiger partial charge in [0.2, 0.25) is 5.90 Å². The number of para-hydroxylation sites is 1. The summed E-state index contributed by atoms with van der Waals surface area (Å²) in [6.07, 6.45) is 3.68. The van der Waals surface area contributed by atoms with Gasteiger partial charge in [-0.1, -0.05) is 103 Å². The molecule has 4 aromatic carbocycles. The Morgan fingerprint density at radius 2 is 1.41 bits per heavy atom. The molecule has 1 aromatic heterocycles. The average molecular weight is 597 g/mol. The number of sulfonamides is 1. The number of aryl methyl sites for hydroxylation is 1. The minimum atomic E-state index is -4.19. The molecule has 3 heterocycles. The van der Waals surface area contributed by atoms with Crippen molar-refractivity contribution in [3.8, 4) is 0 Å². The van der Waals surface area contributed by atoms with E-state index in [0.717, 1.165) is 22.4 Å². The first-order valence-corrected chi connectivity index (χ1v) is 15.7. The van der Waals surface area contributed by atoms with Crippen molar-refractivity contribution < 1.29 is 13.2 Å². The first-order chi connectivity index (χ1) is 21.5. The molecule has 44 heavy (non-hydrogen) atoms. The second-order valence-electron chi connectivity index (χ2n) is 10.7. The van der Waals surface area contributed by atoms with Crippen LogP contribution in [0, 0.1) is 6.92 Å². The molecule has 1 spiro atoms. The van der Waals surface area contributed by atoms with Crippen molar-refractivity contribution in [2.24, 2.45) is 9.50 Å². The number of benzene rings is 4. The molecule has 7 rings (SSSR count). The van der Waals surface area contributed by atoms with Crippen LogP contribution in [0.2, 0.25) is 0 Å². The third kappa shape index (κ3) is 4.79. The highest BCUT2D eigenvalue weighted by Crippen LogP contribution is 2.51. The van der Waals surface area contributed by atoms with Crippen molar-refractivity contribution in [1.29, 1.82) is 0 Å². The Labute approximate surface area is 256 Å². The van der Waals surface area contributed by atoms with Crippen LogP contribution in [0.4, 0.5) is 5.69 Å². The van der Waals surface area contributed by atoms with Gasteiger partial charge >= 0.3 is 0 Å². The molecule has 0 saturated heterocycles. The first kappa shape index (κ1) is 27.5. The molecule has 8 heteroatoms. The fraction of sp³-hybridized carbons (Fsp3) is 0.0833. The van der Waals surface area contributed by atoms with Crippen LogP contribution in [-0.4, -0.2) is 30.6 Å². The molecule has 0 fully saturated rings. The molecule has 2 unspecified atom stereocenters. The van der Waals surface area contributed by atoms with Crippen LogP contribution >= 0.6 is 0 Å². The maximum absolute atomic E-state index is 14.0. The summed E-state index contributed by atoms with van der Waals surface area (Å²) in [6.45, 7) is 1.91. The highest BCUT2D eigenvalue weighted by Gasteiger charge is 2.60. The predicted molar refractivity (Wildman–Crippen MR) is 173 cm³/mol. The molecule has 0 saturated carbocycles. The summed E-state index contributed by atoms with van der Waals surface area (Å²) < 4.78 is 39.0. The minimum Gasteiger partial charge on any atom is -0.439 e. The van der Waals surface area contributed by atoms with Crippen molar-refractivity contribution in [3.05, 3.63) is 168 Å². The molecule has 0 amide bonds. The van der Waals surface area contributed by atoms with Crippen LogP contribution < -0.4 is 5.01 Å². The second kappa shape index (κ2) is 11.1. The van der Waals surface area contributed by atoms with Gasteiger partial charge in [-0.15, -0.1) is 4.40 Å².